The van der Waals surface area contributed by atoms with Gasteiger partial charge in [0.2, 0.25) is 0 Å². The van der Waals surface area contributed by atoms with Crippen LogP contribution in [0.5, 0.6) is 0 Å². The van der Waals surface area contributed by atoms with Gasteiger partial charge in [-0.05, 0) is 32.1 Å². The number of allylic oxidation sites excluding steroid dienone is 2. The third kappa shape index (κ3) is 2.43. The number of methoxy groups -OCH3 is 2. The van der Waals surface area contributed by atoms with Crippen LogP contribution in [0.25, 0.3) is 0 Å². The van der Waals surface area contributed by atoms with E-state index in [-0.39, 0.29) is 0 Å². The second-order valence-corrected chi connectivity index (χ2v) is 3.97. The molecule has 0 atom stereocenters. The SMILES string of the molecule is COC(=O)C1(C(=O)OC)CCC=CCCC1. The number of carbonyl (C=O) groups is 2. The van der Waals surface area contributed by atoms with Gasteiger partial charge in [0.25, 0.3) is 0 Å². The van der Waals surface area contributed by atoms with Crippen LogP contribution in [0.2, 0.25) is 0 Å². The van der Waals surface area contributed by atoms with E-state index in [1.807, 2.05) is 6.08 Å². The van der Waals surface area contributed by atoms with Gasteiger partial charge in [0.15, 0.2) is 5.41 Å². The summed E-state index contributed by atoms with van der Waals surface area (Å²) in [7, 11) is 2.61. The van der Waals surface area contributed by atoms with E-state index >= 15 is 0 Å². The highest BCUT2D eigenvalue weighted by Gasteiger charge is 2.47. The summed E-state index contributed by atoms with van der Waals surface area (Å²) in [6.45, 7) is 0. The molecule has 1 rings (SSSR count). The smallest absolute Gasteiger partial charge is 0.323 e. The fourth-order valence-electron chi connectivity index (χ4n) is 2.09. The summed E-state index contributed by atoms with van der Waals surface area (Å²) in [4.78, 5) is 23.6. The molecular formula is C12H18O4. The fourth-order valence-corrected chi connectivity index (χ4v) is 2.09. The maximum atomic E-state index is 11.8. The lowest BCUT2D eigenvalue weighted by atomic mass is 9.77. The minimum atomic E-state index is -1.10. The van der Waals surface area contributed by atoms with E-state index in [1.165, 1.54) is 14.2 Å². The average molecular weight is 226 g/mol. The van der Waals surface area contributed by atoms with E-state index in [0.717, 1.165) is 12.8 Å². The van der Waals surface area contributed by atoms with Crippen LogP contribution in [0, 0.1) is 5.41 Å². The molecule has 0 amide bonds. The van der Waals surface area contributed by atoms with Gasteiger partial charge in [-0.25, -0.2) is 0 Å². The molecular weight excluding hydrogens is 208 g/mol. The van der Waals surface area contributed by atoms with Crippen molar-refractivity contribution in [3.63, 3.8) is 0 Å². The number of hydrogen-bond donors (Lipinski definition) is 0. The Morgan fingerprint density at radius 3 is 2.12 bits per heavy atom. The number of hydrogen-bond acceptors (Lipinski definition) is 4. The van der Waals surface area contributed by atoms with Crippen molar-refractivity contribution in [2.24, 2.45) is 5.41 Å². The summed E-state index contributed by atoms with van der Waals surface area (Å²) in [5.74, 6) is -0.954. The van der Waals surface area contributed by atoms with E-state index in [9.17, 15) is 9.59 Å². The van der Waals surface area contributed by atoms with Crippen LogP contribution in [0.1, 0.15) is 32.1 Å². The van der Waals surface area contributed by atoms with Crippen LogP contribution < -0.4 is 0 Å². The highest BCUT2D eigenvalue weighted by atomic mass is 16.5. The second-order valence-electron chi connectivity index (χ2n) is 3.97. The average Bonchev–Trinajstić information content (AvgIpc) is 2.27. The quantitative estimate of drug-likeness (QED) is 0.409. The van der Waals surface area contributed by atoms with Crippen LogP contribution in [-0.4, -0.2) is 26.2 Å². The Bertz CT molecular complexity index is 277. The number of ether oxygens (including phenoxy) is 2. The standard InChI is InChI=1S/C12H18O4/c1-15-10(13)12(11(14)16-2)8-6-4-3-5-7-9-12/h3-4H,5-9H2,1-2H3. The van der Waals surface area contributed by atoms with Crippen LogP contribution in [0.15, 0.2) is 12.2 Å². The zero-order valence-corrected chi connectivity index (χ0v) is 9.82. The van der Waals surface area contributed by atoms with Crippen molar-refractivity contribution in [2.45, 2.75) is 32.1 Å². The Balaban J connectivity index is 2.96. The van der Waals surface area contributed by atoms with Gasteiger partial charge in [0, 0.05) is 0 Å². The molecule has 16 heavy (non-hydrogen) atoms. The van der Waals surface area contributed by atoms with Crippen molar-refractivity contribution in [3.8, 4) is 0 Å². The molecule has 0 unspecified atom stereocenters. The monoisotopic (exact) mass is 226 g/mol. The number of carbonyl (C=O) groups excluding carboxylic acids is 2. The Kier molecular flexibility index (Phi) is 4.52. The Morgan fingerprint density at radius 1 is 1.00 bits per heavy atom. The molecule has 1 aliphatic rings. The van der Waals surface area contributed by atoms with Crippen molar-refractivity contribution in [1.82, 2.24) is 0 Å². The third-order valence-electron chi connectivity index (χ3n) is 3.03. The maximum Gasteiger partial charge on any atom is 0.323 e. The van der Waals surface area contributed by atoms with Crippen molar-refractivity contribution in [2.75, 3.05) is 14.2 Å². The lowest BCUT2D eigenvalue weighted by molar-refractivity contribution is -0.170. The van der Waals surface area contributed by atoms with Gasteiger partial charge in [0.05, 0.1) is 14.2 Å². The zero-order chi connectivity index (χ0) is 12.0. The largest absolute Gasteiger partial charge is 0.468 e. The van der Waals surface area contributed by atoms with Crippen molar-refractivity contribution in [1.29, 1.82) is 0 Å². The summed E-state index contributed by atoms with van der Waals surface area (Å²) in [6.07, 6.45) is 7.42. The van der Waals surface area contributed by atoms with E-state index in [2.05, 4.69) is 6.08 Å². The minimum absolute atomic E-state index is 0.461. The molecule has 0 saturated carbocycles. The first-order chi connectivity index (χ1) is 7.67. The van der Waals surface area contributed by atoms with Gasteiger partial charge in [0.1, 0.15) is 0 Å². The Hall–Kier alpha value is -1.32. The molecule has 0 bridgehead atoms. The molecule has 1 aliphatic carbocycles. The first-order valence-electron chi connectivity index (χ1n) is 5.49. The number of rotatable bonds is 2. The molecule has 0 aromatic heterocycles. The van der Waals surface area contributed by atoms with Gasteiger partial charge >= 0.3 is 11.9 Å². The van der Waals surface area contributed by atoms with Gasteiger partial charge in [-0.15, -0.1) is 0 Å². The van der Waals surface area contributed by atoms with E-state index < -0.39 is 17.4 Å². The van der Waals surface area contributed by atoms with Gasteiger partial charge < -0.3 is 9.47 Å². The van der Waals surface area contributed by atoms with Crippen LogP contribution in [0.4, 0.5) is 0 Å². The van der Waals surface area contributed by atoms with Gasteiger partial charge in [-0.2, -0.15) is 0 Å². The summed E-state index contributed by atoms with van der Waals surface area (Å²) in [5.41, 5.74) is -1.10. The maximum absolute atomic E-state index is 11.8. The van der Waals surface area contributed by atoms with Gasteiger partial charge in [-0.1, -0.05) is 12.2 Å². The van der Waals surface area contributed by atoms with Crippen molar-refractivity contribution in [3.05, 3.63) is 12.2 Å². The molecule has 90 valence electrons. The third-order valence-corrected chi connectivity index (χ3v) is 3.03. The highest BCUT2D eigenvalue weighted by molar-refractivity contribution is 6.00. The first-order valence-corrected chi connectivity index (χ1v) is 5.49. The molecule has 4 nitrogen and oxygen atoms in total. The Labute approximate surface area is 95.6 Å². The van der Waals surface area contributed by atoms with Crippen LogP contribution in [-0.2, 0) is 19.1 Å². The van der Waals surface area contributed by atoms with E-state index in [1.54, 1.807) is 0 Å². The minimum Gasteiger partial charge on any atom is -0.468 e. The molecule has 4 heteroatoms. The zero-order valence-electron chi connectivity index (χ0n) is 9.82. The number of esters is 2. The van der Waals surface area contributed by atoms with Crippen LogP contribution in [0.3, 0.4) is 0 Å². The predicted molar refractivity (Wildman–Crippen MR) is 58.7 cm³/mol. The second kappa shape index (κ2) is 5.68. The lowest BCUT2D eigenvalue weighted by Crippen LogP contribution is -2.41. The molecule has 0 N–H and O–H groups in total. The molecule has 0 saturated heterocycles. The summed E-state index contributed by atoms with van der Waals surface area (Å²) in [6, 6.07) is 0. The molecule has 0 spiro atoms. The fraction of sp³-hybridized carbons (Fsp3) is 0.667. The normalized spacial score (nSPS) is 19.4. The summed E-state index contributed by atoms with van der Waals surface area (Å²) < 4.78 is 9.50. The summed E-state index contributed by atoms with van der Waals surface area (Å²) in [5, 5.41) is 0. The van der Waals surface area contributed by atoms with Crippen molar-refractivity contribution >= 4 is 11.9 Å². The van der Waals surface area contributed by atoms with E-state index in [4.69, 9.17) is 9.47 Å². The first kappa shape index (κ1) is 12.7. The molecule has 0 aromatic rings. The molecule has 0 fully saturated rings. The van der Waals surface area contributed by atoms with E-state index in [0.29, 0.717) is 19.3 Å². The van der Waals surface area contributed by atoms with Gasteiger partial charge in [-0.3, -0.25) is 9.59 Å². The summed E-state index contributed by atoms with van der Waals surface area (Å²) >= 11 is 0. The molecule has 0 aromatic carbocycles. The molecule has 0 heterocycles. The lowest BCUT2D eigenvalue weighted by Gasteiger charge is -2.28. The highest BCUT2D eigenvalue weighted by Crippen LogP contribution is 2.35. The predicted octanol–water partition coefficient (Wildman–Crippen LogP) is 1.84. The van der Waals surface area contributed by atoms with Crippen molar-refractivity contribution < 1.29 is 19.1 Å². The molecule has 0 aliphatic heterocycles. The van der Waals surface area contributed by atoms with Crippen LogP contribution >= 0.6 is 0 Å². The molecule has 0 radical (unpaired) electrons. The Morgan fingerprint density at radius 2 is 1.56 bits per heavy atom. The topological polar surface area (TPSA) is 52.6 Å².